The Morgan fingerprint density at radius 2 is 2.25 bits per heavy atom. The minimum atomic E-state index is -3.04. The summed E-state index contributed by atoms with van der Waals surface area (Å²) >= 11 is 2.90. The molecule has 2 rings (SSSR count). The van der Waals surface area contributed by atoms with Crippen LogP contribution in [-0.4, -0.2) is 60.3 Å². The maximum Gasteiger partial charge on any atom is 0.321 e. The van der Waals surface area contributed by atoms with Crippen LogP contribution in [-0.2, 0) is 14.6 Å². The zero-order valence-electron chi connectivity index (χ0n) is 10.6. The average molecular weight is 337 g/mol. The van der Waals surface area contributed by atoms with Gasteiger partial charge in [0.1, 0.15) is 4.38 Å². The molecule has 7 nitrogen and oxygen atoms in total. The maximum absolute atomic E-state index is 11.5. The highest BCUT2D eigenvalue weighted by Gasteiger charge is 2.29. The fourth-order valence-corrected chi connectivity index (χ4v) is 5.31. The third-order valence-electron chi connectivity index (χ3n) is 2.71. The van der Waals surface area contributed by atoms with Crippen molar-refractivity contribution >= 4 is 49.7 Å². The molecule has 0 bridgehead atoms. The minimum absolute atomic E-state index is 0.0587. The smallest absolute Gasteiger partial charge is 0.321 e. The van der Waals surface area contributed by atoms with Crippen LogP contribution in [0, 0.1) is 0 Å². The van der Waals surface area contributed by atoms with Crippen LogP contribution in [0.2, 0.25) is 0 Å². The van der Waals surface area contributed by atoms with E-state index in [9.17, 15) is 18.0 Å². The van der Waals surface area contributed by atoms with Gasteiger partial charge in [-0.25, -0.2) is 13.2 Å². The van der Waals surface area contributed by atoms with E-state index in [-0.39, 0.29) is 17.3 Å². The molecule has 0 aromatic rings. The summed E-state index contributed by atoms with van der Waals surface area (Å²) in [5, 5.41) is 4.69. The lowest BCUT2D eigenvalue weighted by Crippen LogP contribution is -2.45. The number of rotatable bonds is 3. The molecule has 0 unspecified atom stereocenters. The Bertz CT molecular complexity index is 532. The van der Waals surface area contributed by atoms with Crippen molar-refractivity contribution in [2.24, 2.45) is 4.99 Å². The molecule has 0 aliphatic carbocycles. The molecule has 0 aromatic carbocycles. The maximum atomic E-state index is 11.5. The Kier molecular flexibility index (Phi) is 5.33. The van der Waals surface area contributed by atoms with E-state index in [1.54, 1.807) is 11.8 Å². The van der Waals surface area contributed by atoms with Crippen LogP contribution in [0.1, 0.15) is 6.42 Å². The van der Waals surface area contributed by atoms with Gasteiger partial charge in [-0.3, -0.25) is 15.1 Å². The molecule has 2 heterocycles. The third-order valence-corrected chi connectivity index (χ3v) is 6.73. The van der Waals surface area contributed by atoms with Crippen molar-refractivity contribution < 1.29 is 18.0 Å². The zero-order chi connectivity index (χ0) is 14.6. The summed E-state index contributed by atoms with van der Waals surface area (Å²) in [5.41, 5.74) is 0. The number of urea groups is 1. The molecule has 0 aromatic heterocycles. The first-order valence-corrected chi connectivity index (χ1v) is 9.85. The summed E-state index contributed by atoms with van der Waals surface area (Å²) in [6, 6.07) is -1.05. The van der Waals surface area contributed by atoms with Crippen molar-refractivity contribution in [3.63, 3.8) is 0 Å². The van der Waals surface area contributed by atoms with Crippen molar-refractivity contribution in [3.05, 3.63) is 0 Å². The van der Waals surface area contributed by atoms with E-state index < -0.39 is 27.8 Å². The van der Waals surface area contributed by atoms with Crippen molar-refractivity contribution in [1.29, 1.82) is 0 Å². The molecule has 112 valence electrons. The quantitative estimate of drug-likeness (QED) is 0.741. The predicted molar refractivity (Wildman–Crippen MR) is 81.0 cm³/mol. The predicted octanol–water partition coefficient (Wildman–Crippen LogP) is -0.165. The van der Waals surface area contributed by atoms with Gasteiger partial charge in [-0.2, -0.15) is 0 Å². The van der Waals surface area contributed by atoms with E-state index in [0.29, 0.717) is 6.42 Å². The van der Waals surface area contributed by atoms with E-state index in [1.165, 1.54) is 11.8 Å². The average Bonchev–Trinajstić information content (AvgIpc) is 2.96. The second-order valence-corrected chi connectivity index (χ2v) is 8.94. The van der Waals surface area contributed by atoms with Gasteiger partial charge < -0.3 is 5.32 Å². The highest BCUT2D eigenvalue weighted by atomic mass is 32.2. The zero-order valence-corrected chi connectivity index (χ0v) is 13.1. The van der Waals surface area contributed by atoms with Gasteiger partial charge in [0, 0.05) is 11.8 Å². The fourth-order valence-electron chi connectivity index (χ4n) is 1.82. The van der Waals surface area contributed by atoms with E-state index in [0.717, 1.165) is 16.7 Å². The van der Waals surface area contributed by atoms with Crippen LogP contribution in [0.4, 0.5) is 4.79 Å². The number of thioether (sulfide) groups is 2. The molecule has 0 saturated carbocycles. The van der Waals surface area contributed by atoms with Gasteiger partial charge in [0.2, 0.25) is 5.91 Å². The molecule has 2 aliphatic heterocycles. The third kappa shape index (κ3) is 4.98. The summed E-state index contributed by atoms with van der Waals surface area (Å²) < 4.78 is 23.3. The second-order valence-electron chi connectivity index (χ2n) is 4.41. The fraction of sp³-hybridized carbons (Fsp3) is 0.700. The largest absolute Gasteiger partial charge is 0.334 e. The molecule has 1 saturated heterocycles. The van der Waals surface area contributed by atoms with Crippen LogP contribution >= 0.6 is 23.5 Å². The van der Waals surface area contributed by atoms with Crippen molar-refractivity contribution in [2.75, 3.05) is 29.6 Å². The Labute approximate surface area is 125 Å². The number of hydrogen-bond acceptors (Lipinski definition) is 7. The van der Waals surface area contributed by atoms with Crippen molar-refractivity contribution in [2.45, 2.75) is 12.5 Å². The summed E-state index contributed by atoms with van der Waals surface area (Å²) in [6.07, 6.45) is 0.395. The van der Waals surface area contributed by atoms with Gasteiger partial charge in [-0.15, -0.1) is 0 Å². The number of aliphatic imine (C=N–C) groups is 1. The molecular weight excluding hydrogens is 322 g/mol. The number of carbonyl (C=O) groups excluding carboxylic acids is 2. The SMILES string of the molecule is O=C(CSC1=NCCS1)NC(=O)N[C@@H]1CCS(=O)(=O)C1. The van der Waals surface area contributed by atoms with Gasteiger partial charge in [-0.05, 0) is 6.42 Å². The van der Waals surface area contributed by atoms with Crippen molar-refractivity contribution in [1.82, 2.24) is 10.6 Å². The van der Waals surface area contributed by atoms with Crippen LogP contribution in [0.25, 0.3) is 0 Å². The molecule has 1 atom stereocenters. The summed E-state index contributed by atoms with van der Waals surface area (Å²) in [5.74, 6) is 0.668. The first-order chi connectivity index (χ1) is 9.44. The van der Waals surface area contributed by atoms with E-state index in [4.69, 9.17) is 0 Å². The molecule has 3 amide bonds. The van der Waals surface area contributed by atoms with Crippen LogP contribution in [0.3, 0.4) is 0 Å². The molecular formula is C10H15N3O4S3. The highest BCUT2D eigenvalue weighted by Crippen LogP contribution is 2.21. The molecule has 20 heavy (non-hydrogen) atoms. The summed E-state index contributed by atoms with van der Waals surface area (Å²) in [4.78, 5) is 27.3. The van der Waals surface area contributed by atoms with Crippen LogP contribution in [0.5, 0.6) is 0 Å². The Morgan fingerprint density at radius 1 is 1.45 bits per heavy atom. The van der Waals surface area contributed by atoms with E-state index in [2.05, 4.69) is 15.6 Å². The standard InChI is InChI=1S/C10H15N3O4S3/c14-8(5-19-10-11-2-3-18-10)13-9(15)12-7-1-4-20(16,17)6-7/h7H,1-6H2,(H2,12,13,14,15)/t7-/m1/s1. The first kappa shape index (κ1) is 15.6. The summed E-state index contributed by atoms with van der Waals surface area (Å²) in [6.45, 7) is 0.769. The molecule has 2 aliphatic rings. The molecule has 1 fully saturated rings. The lowest BCUT2D eigenvalue weighted by atomic mass is 10.3. The number of nitrogens with zero attached hydrogens (tertiary/aromatic N) is 1. The summed E-state index contributed by atoms with van der Waals surface area (Å²) in [7, 11) is -3.04. The number of nitrogens with one attached hydrogen (secondary N) is 2. The van der Waals surface area contributed by atoms with Crippen LogP contribution < -0.4 is 10.6 Å². The Hall–Kier alpha value is -0.740. The van der Waals surface area contributed by atoms with Crippen molar-refractivity contribution in [3.8, 4) is 0 Å². The van der Waals surface area contributed by atoms with Gasteiger partial charge >= 0.3 is 6.03 Å². The number of imide groups is 1. The first-order valence-electron chi connectivity index (χ1n) is 6.05. The highest BCUT2D eigenvalue weighted by molar-refractivity contribution is 8.39. The van der Waals surface area contributed by atoms with Crippen LogP contribution in [0.15, 0.2) is 4.99 Å². The van der Waals surface area contributed by atoms with Gasteiger partial charge in [0.25, 0.3) is 0 Å². The Morgan fingerprint density at radius 3 is 2.85 bits per heavy atom. The minimum Gasteiger partial charge on any atom is -0.334 e. The number of carbonyl (C=O) groups is 2. The van der Waals surface area contributed by atoms with Gasteiger partial charge in [0.05, 0.1) is 23.8 Å². The lowest BCUT2D eigenvalue weighted by Gasteiger charge is -2.11. The molecule has 2 N–H and O–H groups in total. The topological polar surface area (TPSA) is 105 Å². The number of hydrogen-bond donors (Lipinski definition) is 2. The van der Waals surface area contributed by atoms with E-state index >= 15 is 0 Å². The number of amides is 3. The van der Waals surface area contributed by atoms with Gasteiger partial charge in [-0.1, -0.05) is 23.5 Å². The molecule has 0 radical (unpaired) electrons. The van der Waals surface area contributed by atoms with E-state index in [1.807, 2.05) is 0 Å². The monoisotopic (exact) mass is 337 g/mol. The second kappa shape index (κ2) is 6.81. The van der Waals surface area contributed by atoms with Gasteiger partial charge in [0.15, 0.2) is 9.84 Å². The Balaban J connectivity index is 1.67. The lowest BCUT2D eigenvalue weighted by molar-refractivity contribution is -0.117. The normalized spacial score (nSPS) is 24.2. The molecule has 10 heteroatoms. The molecule has 0 spiro atoms. The number of sulfone groups is 1.